The van der Waals surface area contributed by atoms with Crippen molar-refractivity contribution in [1.82, 2.24) is 15.6 Å². The van der Waals surface area contributed by atoms with Crippen LogP contribution in [0.2, 0.25) is 0 Å². The van der Waals surface area contributed by atoms with Crippen molar-refractivity contribution >= 4 is 21.8 Å². The Morgan fingerprint density at radius 2 is 1.96 bits per heavy atom. The van der Waals surface area contributed by atoms with Gasteiger partial charge in [0, 0.05) is 18.5 Å². The highest BCUT2D eigenvalue weighted by molar-refractivity contribution is 7.89. The van der Waals surface area contributed by atoms with Gasteiger partial charge in [-0.25, -0.2) is 13.1 Å². The molecule has 1 rings (SSSR count). The summed E-state index contributed by atoms with van der Waals surface area (Å²) in [5, 5.41) is 0. The van der Waals surface area contributed by atoms with Crippen molar-refractivity contribution in [3.63, 3.8) is 0 Å². The summed E-state index contributed by atoms with van der Waals surface area (Å²) in [7, 11) is -3.71. The van der Waals surface area contributed by atoms with Crippen LogP contribution in [0.15, 0.2) is 41.8 Å². The van der Waals surface area contributed by atoms with Crippen molar-refractivity contribution in [3.05, 3.63) is 42.5 Å². The van der Waals surface area contributed by atoms with Gasteiger partial charge in [0.1, 0.15) is 0 Å². The van der Waals surface area contributed by atoms with E-state index >= 15 is 0 Å². The first kappa shape index (κ1) is 18.9. The second-order valence-electron chi connectivity index (χ2n) is 5.27. The highest BCUT2D eigenvalue weighted by Crippen LogP contribution is 2.11. The van der Waals surface area contributed by atoms with Gasteiger partial charge in [-0.1, -0.05) is 26.0 Å². The van der Waals surface area contributed by atoms with Gasteiger partial charge in [-0.2, -0.15) is 0 Å². The molecule has 1 aromatic rings. The van der Waals surface area contributed by atoms with Gasteiger partial charge >= 0.3 is 0 Å². The molecule has 0 aliphatic carbocycles. The van der Waals surface area contributed by atoms with Crippen LogP contribution in [0.4, 0.5) is 0 Å². The maximum atomic E-state index is 12.0. The fourth-order valence-corrected chi connectivity index (χ4v) is 2.72. The molecule has 0 atom stereocenters. The lowest BCUT2D eigenvalue weighted by atomic mass is 10.1. The van der Waals surface area contributed by atoms with Crippen LogP contribution in [0.3, 0.4) is 0 Å². The molecule has 3 N–H and O–H groups in total. The predicted octanol–water partition coefficient (Wildman–Crippen LogP) is 0.958. The van der Waals surface area contributed by atoms with Crippen LogP contribution in [0, 0.1) is 5.92 Å². The quantitative estimate of drug-likeness (QED) is 0.508. The Morgan fingerprint density at radius 3 is 2.57 bits per heavy atom. The molecule has 1 aromatic carbocycles. The molecule has 0 heterocycles. The average molecular weight is 339 g/mol. The third-order valence-corrected chi connectivity index (χ3v) is 4.15. The second-order valence-corrected chi connectivity index (χ2v) is 7.04. The number of rotatable bonds is 7. The standard InChI is InChI=1S/C15H21N3O4S/c1-4-8-16-23(21,22)13-7-5-6-12(10-13)15(20)18-17-14(19)9-11(2)3/h4-7,10-11,16H,1,8-9H2,2-3H3,(H,17,19)(H,18,20). The molecule has 0 aliphatic rings. The van der Waals surface area contributed by atoms with Crippen LogP contribution < -0.4 is 15.6 Å². The van der Waals surface area contributed by atoms with Crippen LogP contribution in [0.5, 0.6) is 0 Å². The molecule has 0 aromatic heterocycles. The molecule has 0 fully saturated rings. The van der Waals surface area contributed by atoms with Crippen LogP contribution in [-0.4, -0.2) is 26.8 Å². The van der Waals surface area contributed by atoms with Gasteiger partial charge in [-0.05, 0) is 24.1 Å². The van der Waals surface area contributed by atoms with E-state index in [1.165, 1.54) is 30.3 Å². The Balaban J connectivity index is 2.78. The summed E-state index contributed by atoms with van der Waals surface area (Å²) in [5.74, 6) is -0.746. The molecule has 8 heteroatoms. The zero-order chi connectivity index (χ0) is 17.5. The fourth-order valence-electron chi connectivity index (χ4n) is 1.68. The number of hydrazine groups is 1. The van der Waals surface area contributed by atoms with Crippen LogP contribution >= 0.6 is 0 Å². The Kier molecular flexibility index (Phi) is 6.92. The third kappa shape index (κ3) is 6.21. The highest BCUT2D eigenvalue weighted by atomic mass is 32.2. The zero-order valence-electron chi connectivity index (χ0n) is 13.1. The van der Waals surface area contributed by atoms with E-state index in [-0.39, 0.29) is 35.2 Å². The van der Waals surface area contributed by atoms with Crippen molar-refractivity contribution in [2.75, 3.05) is 6.54 Å². The summed E-state index contributed by atoms with van der Waals surface area (Å²) in [6.07, 6.45) is 1.69. The molecule has 126 valence electrons. The first-order valence-electron chi connectivity index (χ1n) is 7.06. The fraction of sp³-hybridized carbons (Fsp3) is 0.333. The average Bonchev–Trinajstić information content (AvgIpc) is 2.50. The summed E-state index contributed by atoms with van der Waals surface area (Å²) < 4.78 is 26.3. The van der Waals surface area contributed by atoms with E-state index in [1.807, 2.05) is 13.8 Å². The maximum Gasteiger partial charge on any atom is 0.269 e. The number of hydrogen-bond acceptors (Lipinski definition) is 4. The number of amides is 2. The van der Waals surface area contributed by atoms with Gasteiger partial charge in [0.15, 0.2) is 0 Å². The summed E-state index contributed by atoms with van der Waals surface area (Å²) >= 11 is 0. The molecule has 0 saturated carbocycles. The molecule has 23 heavy (non-hydrogen) atoms. The predicted molar refractivity (Wildman–Crippen MR) is 86.9 cm³/mol. The van der Waals surface area contributed by atoms with Crippen molar-refractivity contribution in [2.24, 2.45) is 5.92 Å². The SMILES string of the molecule is C=CCNS(=O)(=O)c1cccc(C(=O)NNC(=O)CC(C)C)c1. The molecule has 0 radical (unpaired) electrons. The minimum atomic E-state index is -3.71. The minimum Gasteiger partial charge on any atom is -0.273 e. The van der Waals surface area contributed by atoms with Gasteiger partial charge in [0.25, 0.3) is 5.91 Å². The first-order valence-corrected chi connectivity index (χ1v) is 8.54. The largest absolute Gasteiger partial charge is 0.273 e. The molecule has 0 bridgehead atoms. The van der Waals surface area contributed by atoms with E-state index in [1.54, 1.807) is 0 Å². The molecular formula is C15H21N3O4S. The minimum absolute atomic E-state index is 0.0412. The van der Waals surface area contributed by atoms with Gasteiger partial charge in [0.2, 0.25) is 15.9 Å². The number of hydrogen-bond donors (Lipinski definition) is 3. The second kappa shape index (κ2) is 8.44. The van der Waals surface area contributed by atoms with Crippen LogP contribution in [-0.2, 0) is 14.8 Å². The van der Waals surface area contributed by atoms with E-state index in [9.17, 15) is 18.0 Å². The monoisotopic (exact) mass is 339 g/mol. The first-order chi connectivity index (χ1) is 10.8. The van der Waals surface area contributed by atoms with E-state index < -0.39 is 15.9 Å². The lowest BCUT2D eigenvalue weighted by Gasteiger charge is -2.10. The number of benzene rings is 1. The van der Waals surface area contributed by atoms with Crippen molar-refractivity contribution < 1.29 is 18.0 Å². The van der Waals surface area contributed by atoms with Crippen molar-refractivity contribution in [3.8, 4) is 0 Å². The number of nitrogens with one attached hydrogen (secondary N) is 3. The topological polar surface area (TPSA) is 104 Å². The molecule has 0 unspecified atom stereocenters. The van der Waals surface area contributed by atoms with Gasteiger partial charge in [0.05, 0.1) is 4.90 Å². The molecule has 0 aliphatic heterocycles. The van der Waals surface area contributed by atoms with Crippen molar-refractivity contribution in [1.29, 1.82) is 0 Å². The van der Waals surface area contributed by atoms with Crippen LogP contribution in [0.25, 0.3) is 0 Å². The number of carbonyl (C=O) groups is 2. The Labute approximate surface area is 136 Å². The Morgan fingerprint density at radius 1 is 1.26 bits per heavy atom. The van der Waals surface area contributed by atoms with Gasteiger partial charge in [-0.3, -0.25) is 20.4 Å². The molecular weight excluding hydrogens is 318 g/mol. The Bertz CT molecular complexity index is 684. The molecule has 2 amide bonds. The Hall–Kier alpha value is -2.19. The number of carbonyl (C=O) groups excluding carboxylic acids is 2. The van der Waals surface area contributed by atoms with Gasteiger partial charge < -0.3 is 0 Å². The van der Waals surface area contributed by atoms with E-state index in [0.717, 1.165) is 0 Å². The smallest absolute Gasteiger partial charge is 0.269 e. The normalized spacial score (nSPS) is 11.1. The summed E-state index contributed by atoms with van der Waals surface area (Å²) in [6.45, 7) is 7.28. The zero-order valence-corrected chi connectivity index (χ0v) is 13.9. The number of sulfonamides is 1. The van der Waals surface area contributed by atoms with Crippen LogP contribution in [0.1, 0.15) is 30.6 Å². The van der Waals surface area contributed by atoms with Crippen molar-refractivity contribution in [2.45, 2.75) is 25.2 Å². The summed E-state index contributed by atoms with van der Waals surface area (Å²) in [5.41, 5.74) is 4.67. The lowest BCUT2D eigenvalue weighted by molar-refractivity contribution is -0.122. The maximum absolute atomic E-state index is 12.0. The summed E-state index contributed by atoms with van der Waals surface area (Å²) in [4.78, 5) is 23.4. The third-order valence-electron chi connectivity index (χ3n) is 2.73. The highest BCUT2D eigenvalue weighted by Gasteiger charge is 2.15. The van der Waals surface area contributed by atoms with E-state index in [4.69, 9.17) is 0 Å². The molecule has 0 spiro atoms. The van der Waals surface area contributed by atoms with Gasteiger partial charge in [-0.15, -0.1) is 6.58 Å². The van der Waals surface area contributed by atoms with E-state index in [0.29, 0.717) is 0 Å². The molecule has 7 nitrogen and oxygen atoms in total. The lowest BCUT2D eigenvalue weighted by Crippen LogP contribution is -2.42. The molecule has 0 saturated heterocycles. The summed E-state index contributed by atoms with van der Waals surface area (Å²) in [6, 6.07) is 5.51. The van der Waals surface area contributed by atoms with E-state index in [2.05, 4.69) is 22.2 Å².